The Hall–Kier alpha value is -4.95. The van der Waals surface area contributed by atoms with Gasteiger partial charge < -0.3 is 29.4 Å². The fraction of sp³-hybridized carbons (Fsp3) is 0.280. The van der Waals surface area contributed by atoms with Crippen LogP contribution in [-0.2, 0) is 17.9 Å². The van der Waals surface area contributed by atoms with E-state index in [0.717, 1.165) is 22.9 Å². The predicted octanol–water partition coefficient (Wildman–Crippen LogP) is 4.44. The topological polar surface area (TPSA) is 150 Å². The molecule has 3 aromatic rings. The Balaban J connectivity index is 1.89. The van der Waals surface area contributed by atoms with Crippen molar-refractivity contribution in [1.82, 2.24) is 9.78 Å². The summed E-state index contributed by atoms with van der Waals surface area (Å²) in [5.74, 6) is -6.52. The van der Waals surface area contributed by atoms with Crippen LogP contribution in [0.15, 0.2) is 24.3 Å². The van der Waals surface area contributed by atoms with Crippen LogP contribution in [0.4, 0.5) is 29.5 Å². The zero-order valence-corrected chi connectivity index (χ0v) is 21.8. The van der Waals surface area contributed by atoms with Crippen molar-refractivity contribution in [3.8, 4) is 17.2 Å². The van der Waals surface area contributed by atoms with Crippen LogP contribution in [-0.4, -0.2) is 53.7 Å². The molecule has 1 aromatic heterocycles. The summed E-state index contributed by atoms with van der Waals surface area (Å²) in [5, 5.41) is 18.0. The van der Waals surface area contributed by atoms with E-state index in [1.807, 2.05) is 0 Å². The molecule has 0 bridgehead atoms. The van der Waals surface area contributed by atoms with E-state index in [9.17, 15) is 32.7 Å². The number of hydrogen-bond donors (Lipinski definition) is 3. The minimum absolute atomic E-state index is 0.00154. The van der Waals surface area contributed by atoms with Crippen LogP contribution >= 0.6 is 0 Å². The molecular formula is C25H25F3N4O8. The van der Waals surface area contributed by atoms with Crippen molar-refractivity contribution in [3.63, 3.8) is 0 Å². The molecule has 15 heteroatoms. The third-order valence-corrected chi connectivity index (χ3v) is 5.41. The Morgan fingerprint density at radius 3 is 2.27 bits per heavy atom. The van der Waals surface area contributed by atoms with Crippen molar-refractivity contribution >= 4 is 29.5 Å². The van der Waals surface area contributed by atoms with E-state index in [-0.39, 0.29) is 41.8 Å². The minimum atomic E-state index is -1.57. The minimum Gasteiger partial charge on any atom is -0.496 e. The van der Waals surface area contributed by atoms with E-state index >= 15 is 0 Å². The van der Waals surface area contributed by atoms with Gasteiger partial charge in [0.25, 0.3) is 0 Å². The third kappa shape index (κ3) is 6.19. The van der Waals surface area contributed by atoms with Gasteiger partial charge >= 0.3 is 18.0 Å². The second kappa shape index (κ2) is 12.7. The van der Waals surface area contributed by atoms with Crippen LogP contribution in [0.3, 0.4) is 0 Å². The third-order valence-electron chi connectivity index (χ3n) is 5.41. The number of halogens is 3. The Labute approximate surface area is 225 Å². The molecule has 0 spiro atoms. The van der Waals surface area contributed by atoms with Crippen molar-refractivity contribution < 1.29 is 51.6 Å². The van der Waals surface area contributed by atoms with Crippen LogP contribution in [0.25, 0.3) is 0 Å². The van der Waals surface area contributed by atoms with Crippen LogP contribution in [0.2, 0.25) is 0 Å². The molecule has 40 heavy (non-hydrogen) atoms. The van der Waals surface area contributed by atoms with Gasteiger partial charge in [-0.2, -0.15) is 5.10 Å². The number of carboxylic acid groups (broad SMARTS) is 1. The molecule has 0 aliphatic carbocycles. The maximum Gasteiger partial charge on any atom is 0.359 e. The lowest BCUT2D eigenvalue weighted by molar-refractivity contribution is 0.0507. The number of carboxylic acids is 1. The fourth-order valence-electron chi connectivity index (χ4n) is 3.58. The second-order valence-electron chi connectivity index (χ2n) is 7.81. The zero-order chi connectivity index (χ0) is 29.6. The Bertz CT molecular complexity index is 1440. The molecule has 0 fully saturated rings. The fourth-order valence-corrected chi connectivity index (χ4v) is 3.58. The summed E-state index contributed by atoms with van der Waals surface area (Å²) in [5.41, 5.74) is -1.85. The van der Waals surface area contributed by atoms with Crippen LogP contribution < -0.4 is 24.8 Å². The molecule has 0 aliphatic heterocycles. The zero-order valence-electron chi connectivity index (χ0n) is 21.8. The number of carbonyl (C=O) groups is 3. The van der Waals surface area contributed by atoms with Gasteiger partial charge in [-0.3, -0.25) is 5.32 Å². The molecule has 0 saturated heterocycles. The highest BCUT2D eigenvalue weighted by Gasteiger charge is 2.30. The smallest absolute Gasteiger partial charge is 0.359 e. The molecule has 3 rings (SSSR count). The first-order chi connectivity index (χ1) is 19.1. The number of urea groups is 1. The molecular weight excluding hydrogens is 541 g/mol. The van der Waals surface area contributed by atoms with Crippen LogP contribution in [0, 0.1) is 17.5 Å². The van der Waals surface area contributed by atoms with Crippen molar-refractivity contribution in [2.75, 3.05) is 31.5 Å². The number of aromatic carboxylic acids is 1. The van der Waals surface area contributed by atoms with E-state index in [1.54, 1.807) is 6.92 Å². The lowest BCUT2D eigenvalue weighted by Gasteiger charge is -2.16. The van der Waals surface area contributed by atoms with Gasteiger partial charge in [0.15, 0.2) is 34.6 Å². The largest absolute Gasteiger partial charge is 0.496 e. The average Bonchev–Trinajstić information content (AvgIpc) is 3.29. The number of methoxy groups -OCH3 is 2. The Kier molecular flexibility index (Phi) is 9.42. The highest BCUT2D eigenvalue weighted by Crippen LogP contribution is 2.35. The summed E-state index contributed by atoms with van der Waals surface area (Å²) in [6.45, 7) is 2.58. The highest BCUT2D eigenvalue weighted by molar-refractivity contribution is 6.09. The summed E-state index contributed by atoms with van der Waals surface area (Å²) in [6, 6.07) is 2.89. The summed E-state index contributed by atoms with van der Waals surface area (Å²) in [4.78, 5) is 36.9. The summed E-state index contributed by atoms with van der Waals surface area (Å²) in [7, 11) is 2.47. The average molecular weight is 566 g/mol. The number of nitrogens with one attached hydrogen (secondary N) is 2. The van der Waals surface area contributed by atoms with E-state index in [1.165, 1.54) is 27.2 Å². The highest BCUT2D eigenvalue weighted by atomic mass is 19.2. The molecule has 1 heterocycles. The lowest BCUT2D eigenvalue weighted by atomic mass is 10.2. The molecule has 0 aliphatic rings. The predicted molar refractivity (Wildman–Crippen MR) is 134 cm³/mol. The van der Waals surface area contributed by atoms with Gasteiger partial charge in [0.2, 0.25) is 0 Å². The van der Waals surface area contributed by atoms with E-state index in [2.05, 4.69) is 15.7 Å². The molecule has 0 radical (unpaired) electrons. The van der Waals surface area contributed by atoms with Crippen molar-refractivity contribution in [1.29, 1.82) is 0 Å². The van der Waals surface area contributed by atoms with Gasteiger partial charge in [-0.1, -0.05) is 0 Å². The molecule has 2 amide bonds. The molecule has 0 saturated carbocycles. The quantitative estimate of drug-likeness (QED) is 0.286. The van der Waals surface area contributed by atoms with Crippen molar-refractivity contribution in [2.24, 2.45) is 0 Å². The van der Waals surface area contributed by atoms with E-state index in [4.69, 9.17) is 18.9 Å². The van der Waals surface area contributed by atoms with Gasteiger partial charge in [-0.25, -0.2) is 32.2 Å². The molecule has 214 valence electrons. The Morgan fingerprint density at radius 2 is 1.68 bits per heavy atom. The normalized spacial score (nSPS) is 10.6. The van der Waals surface area contributed by atoms with Gasteiger partial charge in [-0.05, 0) is 26.0 Å². The van der Waals surface area contributed by atoms with Crippen LogP contribution in [0.5, 0.6) is 17.2 Å². The number of benzene rings is 2. The summed E-state index contributed by atoms with van der Waals surface area (Å²) < 4.78 is 64.4. The number of amides is 2. The van der Waals surface area contributed by atoms with Crippen molar-refractivity contribution in [3.05, 3.63) is 58.5 Å². The maximum absolute atomic E-state index is 14.8. The molecule has 3 N–H and O–H groups in total. The number of carbonyl (C=O) groups excluding carboxylic acids is 2. The monoisotopic (exact) mass is 566 g/mol. The van der Waals surface area contributed by atoms with Gasteiger partial charge in [0, 0.05) is 18.7 Å². The van der Waals surface area contributed by atoms with Crippen molar-refractivity contribution in [2.45, 2.75) is 27.0 Å². The molecule has 0 unspecified atom stereocenters. The molecule has 2 aromatic carbocycles. The number of nitrogens with zero attached hydrogens (tertiary/aromatic N) is 2. The first-order valence-electron chi connectivity index (χ1n) is 11.7. The Morgan fingerprint density at radius 1 is 0.975 bits per heavy atom. The number of esters is 1. The SMILES string of the molecule is CCOC(=O)c1nn(CC)c(NC(=O)Nc2cc(OCc3c(OC)ccc(F)c3F)c(OC)cc2F)c1C(=O)O. The van der Waals surface area contributed by atoms with Gasteiger partial charge in [-0.15, -0.1) is 0 Å². The standard InChI is InChI=1S/C25H25F3N4O8/c1-5-32-22(19(23(33)34)21(31-32)24(35)39-6-2)30-25(36)29-15-10-18(17(38-4)9-14(15)27)40-11-12-16(37-3)8-7-13(26)20(12)28/h7-10H,5-6,11H2,1-4H3,(H,33,34)(H2,29,30,36). The number of aromatic nitrogens is 2. The molecule has 0 atom stereocenters. The number of aryl methyl sites for hydroxylation is 1. The maximum atomic E-state index is 14.8. The lowest BCUT2D eigenvalue weighted by Crippen LogP contribution is -2.23. The number of hydrogen-bond acceptors (Lipinski definition) is 8. The molecule has 12 nitrogen and oxygen atoms in total. The van der Waals surface area contributed by atoms with Gasteiger partial charge in [0.1, 0.15) is 23.7 Å². The van der Waals surface area contributed by atoms with E-state index in [0.29, 0.717) is 0 Å². The second-order valence-corrected chi connectivity index (χ2v) is 7.81. The first kappa shape index (κ1) is 29.6. The number of anilines is 2. The van der Waals surface area contributed by atoms with Crippen LogP contribution in [0.1, 0.15) is 40.3 Å². The van der Waals surface area contributed by atoms with E-state index < -0.39 is 59.0 Å². The van der Waals surface area contributed by atoms with Gasteiger partial charge in [0.05, 0.1) is 32.1 Å². The first-order valence-corrected chi connectivity index (χ1v) is 11.7. The number of rotatable bonds is 11. The number of ether oxygens (including phenoxy) is 4. The summed E-state index contributed by atoms with van der Waals surface area (Å²) >= 11 is 0. The summed E-state index contributed by atoms with van der Waals surface area (Å²) in [6.07, 6.45) is 0.